The van der Waals surface area contributed by atoms with Crippen LogP contribution in [0.15, 0.2) is 0 Å². The molecule has 0 spiro atoms. The second-order valence-corrected chi connectivity index (χ2v) is 5.59. The van der Waals surface area contributed by atoms with Gasteiger partial charge >= 0.3 is 0 Å². The summed E-state index contributed by atoms with van der Waals surface area (Å²) in [5, 5.41) is 10.8. The lowest BCUT2D eigenvalue weighted by Crippen LogP contribution is -2.01. The molecule has 14 heavy (non-hydrogen) atoms. The second kappa shape index (κ2) is 3.28. The van der Waals surface area contributed by atoms with E-state index < -0.39 is 0 Å². The van der Waals surface area contributed by atoms with Crippen LogP contribution >= 0.6 is 11.3 Å². The molecule has 2 atom stereocenters. The summed E-state index contributed by atoms with van der Waals surface area (Å²) in [6.45, 7) is 0.685. The van der Waals surface area contributed by atoms with E-state index in [2.05, 4.69) is 10.2 Å². The van der Waals surface area contributed by atoms with Crippen molar-refractivity contribution < 1.29 is 0 Å². The van der Waals surface area contributed by atoms with Crippen LogP contribution in [0, 0.1) is 11.8 Å². The molecule has 0 aromatic carbocycles. The number of nitrogens with zero attached hydrogens (tertiary/aromatic N) is 2. The average molecular weight is 209 g/mol. The molecule has 1 heterocycles. The van der Waals surface area contributed by atoms with Gasteiger partial charge in [0.1, 0.15) is 10.0 Å². The van der Waals surface area contributed by atoms with Crippen LogP contribution in [0.1, 0.15) is 35.2 Å². The van der Waals surface area contributed by atoms with Gasteiger partial charge < -0.3 is 5.73 Å². The Labute approximate surface area is 87.7 Å². The molecule has 0 amide bonds. The first kappa shape index (κ1) is 8.80. The van der Waals surface area contributed by atoms with Crippen molar-refractivity contribution in [3.63, 3.8) is 0 Å². The van der Waals surface area contributed by atoms with Crippen LogP contribution in [0.2, 0.25) is 0 Å². The Balaban J connectivity index is 1.70. The second-order valence-electron chi connectivity index (χ2n) is 4.50. The summed E-state index contributed by atoms with van der Waals surface area (Å²) in [6.07, 6.45) is 5.09. The first-order valence-electron chi connectivity index (χ1n) is 5.39. The largest absolute Gasteiger partial charge is 0.330 e. The lowest BCUT2D eigenvalue weighted by Gasteiger charge is -2.05. The lowest BCUT2D eigenvalue weighted by atomic mass is 10.1. The van der Waals surface area contributed by atoms with Gasteiger partial charge in [-0.3, -0.25) is 0 Å². The van der Waals surface area contributed by atoms with Gasteiger partial charge in [-0.25, -0.2) is 0 Å². The van der Waals surface area contributed by atoms with Crippen molar-refractivity contribution in [3.8, 4) is 0 Å². The van der Waals surface area contributed by atoms with Gasteiger partial charge in [0.25, 0.3) is 0 Å². The molecule has 0 radical (unpaired) electrons. The Morgan fingerprint density at radius 3 is 2.71 bits per heavy atom. The van der Waals surface area contributed by atoms with E-state index in [0.29, 0.717) is 6.54 Å². The summed E-state index contributed by atoms with van der Waals surface area (Å²) >= 11 is 1.78. The van der Waals surface area contributed by atoms with E-state index in [1.807, 2.05) is 0 Å². The topological polar surface area (TPSA) is 51.8 Å². The first-order valence-corrected chi connectivity index (χ1v) is 6.21. The number of rotatable bonds is 3. The Kier molecular flexibility index (Phi) is 2.06. The van der Waals surface area contributed by atoms with E-state index in [1.54, 1.807) is 11.3 Å². The van der Waals surface area contributed by atoms with Crippen LogP contribution in [0.4, 0.5) is 0 Å². The van der Waals surface area contributed by atoms with E-state index in [4.69, 9.17) is 5.73 Å². The Morgan fingerprint density at radius 1 is 1.21 bits per heavy atom. The van der Waals surface area contributed by atoms with Crippen molar-refractivity contribution in [1.82, 2.24) is 10.2 Å². The molecule has 3 rings (SSSR count). The molecule has 1 aromatic heterocycles. The summed E-state index contributed by atoms with van der Waals surface area (Å²) in [7, 11) is 0. The molecule has 2 aliphatic carbocycles. The maximum atomic E-state index is 5.49. The minimum Gasteiger partial charge on any atom is -0.330 e. The standard InChI is InChI=1S/C10H15N3S/c11-2-1-9-12-13-10(14-9)8-4-6-3-7(6)5-8/h6-8H,1-5,11H2. The summed E-state index contributed by atoms with van der Waals surface area (Å²) in [4.78, 5) is 0. The minimum atomic E-state index is 0.685. The van der Waals surface area contributed by atoms with Gasteiger partial charge in [-0.15, -0.1) is 21.5 Å². The average Bonchev–Trinajstić information content (AvgIpc) is 2.68. The fourth-order valence-electron chi connectivity index (χ4n) is 2.57. The molecular weight excluding hydrogens is 194 g/mol. The van der Waals surface area contributed by atoms with Gasteiger partial charge in [-0.1, -0.05) is 0 Å². The fourth-order valence-corrected chi connectivity index (χ4v) is 3.56. The van der Waals surface area contributed by atoms with Crippen LogP contribution in [-0.2, 0) is 6.42 Å². The molecule has 2 N–H and O–H groups in total. The number of aromatic nitrogens is 2. The van der Waals surface area contributed by atoms with E-state index >= 15 is 0 Å². The molecule has 4 heteroatoms. The highest BCUT2D eigenvalue weighted by Crippen LogP contribution is 2.57. The van der Waals surface area contributed by atoms with Crippen molar-refractivity contribution >= 4 is 11.3 Å². The van der Waals surface area contributed by atoms with Crippen molar-refractivity contribution in [2.75, 3.05) is 6.54 Å². The van der Waals surface area contributed by atoms with E-state index in [9.17, 15) is 0 Å². The fraction of sp³-hybridized carbons (Fsp3) is 0.800. The van der Waals surface area contributed by atoms with Gasteiger partial charge in [-0.05, 0) is 37.6 Å². The zero-order valence-corrected chi connectivity index (χ0v) is 8.96. The minimum absolute atomic E-state index is 0.685. The van der Waals surface area contributed by atoms with Crippen LogP contribution in [0.3, 0.4) is 0 Å². The number of hydrogen-bond donors (Lipinski definition) is 1. The van der Waals surface area contributed by atoms with E-state index in [-0.39, 0.29) is 0 Å². The van der Waals surface area contributed by atoms with E-state index in [1.165, 1.54) is 24.3 Å². The highest BCUT2D eigenvalue weighted by molar-refractivity contribution is 7.11. The first-order chi connectivity index (χ1) is 6.86. The van der Waals surface area contributed by atoms with Crippen molar-refractivity contribution in [2.24, 2.45) is 17.6 Å². The molecule has 1 aromatic rings. The summed E-state index contributed by atoms with van der Waals surface area (Å²) < 4.78 is 0. The van der Waals surface area contributed by atoms with Crippen molar-refractivity contribution in [3.05, 3.63) is 10.0 Å². The Morgan fingerprint density at radius 2 is 2.00 bits per heavy atom. The highest BCUT2D eigenvalue weighted by Gasteiger charge is 2.47. The molecule has 0 saturated heterocycles. The maximum Gasteiger partial charge on any atom is 0.120 e. The molecule has 0 bridgehead atoms. The normalized spacial score (nSPS) is 34.5. The molecule has 2 aliphatic rings. The molecule has 2 unspecified atom stereocenters. The van der Waals surface area contributed by atoms with Crippen molar-refractivity contribution in [2.45, 2.75) is 31.6 Å². The predicted molar refractivity (Wildman–Crippen MR) is 56.2 cm³/mol. The zero-order chi connectivity index (χ0) is 9.54. The van der Waals surface area contributed by atoms with E-state index in [0.717, 1.165) is 29.2 Å². The molecule has 2 saturated carbocycles. The number of hydrogen-bond acceptors (Lipinski definition) is 4. The quantitative estimate of drug-likeness (QED) is 0.821. The third kappa shape index (κ3) is 1.46. The van der Waals surface area contributed by atoms with Crippen LogP contribution < -0.4 is 5.73 Å². The summed E-state index contributed by atoms with van der Waals surface area (Å²) in [6, 6.07) is 0. The zero-order valence-electron chi connectivity index (χ0n) is 8.15. The third-order valence-electron chi connectivity index (χ3n) is 3.43. The summed E-state index contributed by atoms with van der Waals surface area (Å²) in [5.74, 6) is 2.78. The van der Waals surface area contributed by atoms with Crippen LogP contribution in [-0.4, -0.2) is 16.7 Å². The number of fused-ring (bicyclic) bond motifs is 1. The van der Waals surface area contributed by atoms with Gasteiger partial charge in [0.15, 0.2) is 0 Å². The van der Waals surface area contributed by atoms with Gasteiger partial charge in [0, 0.05) is 12.3 Å². The number of nitrogens with two attached hydrogens (primary N) is 1. The smallest absolute Gasteiger partial charge is 0.120 e. The maximum absolute atomic E-state index is 5.49. The predicted octanol–water partition coefficient (Wildman–Crippen LogP) is 1.55. The Bertz CT molecular complexity index is 326. The molecule has 3 nitrogen and oxygen atoms in total. The van der Waals surface area contributed by atoms with Gasteiger partial charge in [-0.2, -0.15) is 0 Å². The van der Waals surface area contributed by atoms with Gasteiger partial charge in [0.05, 0.1) is 0 Å². The highest BCUT2D eigenvalue weighted by atomic mass is 32.1. The van der Waals surface area contributed by atoms with Crippen LogP contribution in [0.5, 0.6) is 0 Å². The molecule has 2 fully saturated rings. The lowest BCUT2D eigenvalue weighted by molar-refractivity contribution is 0.614. The third-order valence-corrected chi connectivity index (χ3v) is 4.58. The monoisotopic (exact) mass is 209 g/mol. The molecule has 0 aliphatic heterocycles. The summed E-state index contributed by atoms with van der Waals surface area (Å²) in [5.41, 5.74) is 5.49. The molecular formula is C10H15N3S. The SMILES string of the molecule is NCCc1nnc(C2CC3CC3C2)s1. The van der Waals surface area contributed by atoms with Gasteiger partial charge in [0.2, 0.25) is 0 Å². The Hall–Kier alpha value is -0.480. The molecule has 76 valence electrons. The van der Waals surface area contributed by atoms with Crippen LogP contribution in [0.25, 0.3) is 0 Å². The van der Waals surface area contributed by atoms with Crippen molar-refractivity contribution in [1.29, 1.82) is 0 Å².